The van der Waals surface area contributed by atoms with Crippen LogP contribution in [0, 0.1) is 0 Å². The number of halogens is 7. The lowest BCUT2D eigenvalue weighted by Gasteiger charge is -2.11. The number of ether oxygens (including phenoxy) is 1. The molecule has 0 saturated heterocycles. The lowest BCUT2D eigenvalue weighted by atomic mass is 10.2. The van der Waals surface area contributed by atoms with Gasteiger partial charge < -0.3 is 4.74 Å². The molecule has 1 aromatic heterocycles. The summed E-state index contributed by atoms with van der Waals surface area (Å²) in [5, 5.41) is 1.32. The van der Waals surface area contributed by atoms with Gasteiger partial charge in [0.05, 0.1) is 20.3 Å². The maximum atomic E-state index is 12.5. The second-order valence-corrected chi connectivity index (χ2v) is 10.0. The van der Waals surface area contributed by atoms with E-state index in [-0.39, 0.29) is 43.4 Å². The third kappa shape index (κ3) is 5.88. The van der Waals surface area contributed by atoms with Gasteiger partial charge in [0.25, 0.3) is 0 Å². The summed E-state index contributed by atoms with van der Waals surface area (Å²) in [7, 11) is 0. The highest BCUT2D eigenvalue weighted by Crippen LogP contribution is 2.45. The molecule has 0 atom stereocenters. The van der Waals surface area contributed by atoms with Crippen molar-refractivity contribution in [3.63, 3.8) is 0 Å². The predicted octanol–water partition coefficient (Wildman–Crippen LogP) is 9.98. The average molecular weight is 568 g/mol. The van der Waals surface area contributed by atoms with Crippen LogP contribution in [0.5, 0.6) is 11.5 Å². The molecule has 4 aromatic rings. The van der Waals surface area contributed by atoms with Crippen LogP contribution in [-0.2, 0) is 0 Å². The number of aliphatic imine (C=N–C) groups is 1. The highest BCUT2D eigenvalue weighted by atomic mass is 35.5. The second-order valence-electron chi connectivity index (χ2n) is 6.35. The number of thiazole rings is 1. The van der Waals surface area contributed by atoms with Crippen molar-refractivity contribution in [2.24, 2.45) is 4.99 Å². The normalized spacial score (nSPS) is 12.4. The number of nitrogens with zero attached hydrogens (tertiary/aromatic N) is 2. The van der Waals surface area contributed by atoms with E-state index in [1.807, 2.05) is 0 Å². The summed E-state index contributed by atoms with van der Waals surface area (Å²) >= 11 is 26.3. The number of alkyl halides is 3. The van der Waals surface area contributed by atoms with Crippen LogP contribution in [0.1, 0.15) is 5.56 Å². The summed E-state index contributed by atoms with van der Waals surface area (Å²) < 4.78 is 43.8. The molecule has 12 heteroatoms. The zero-order valence-corrected chi connectivity index (χ0v) is 20.6. The Morgan fingerprint density at radius 3 is 2.36 bits per heavy atom. The van der Waals surface area contributed by atoms with Crippen molar-refractivity contribution in [2.45, 2.75) is 10.4 Å². The van der Waals surface area contributed by atoms with Crippen LogP contribution in [0.3, 0.4) is 0 Å². The first-order valence-electron chi connectivity index (χ1n) is 8.92. The number of benzene rings is 3. The van der Waals surface area contributed by atoms with Gasteiger partial charge in [-0.1, -0.05) is 75.9 Å². The maximum absolute atomic E-state index is 12.5. The van der Waals surface area contributed by atoms with E-state index in [0.29, 0.717) is 25.9 Å². The van der Waals surface area contributed by atoms with E-state index < -0.39 is 5.51 Å². The molecule has 0 bridgehead atoms. The molecule has 0 saturated carbocycles. The predicted molar refractivity (Wildman–Crippen MR) is 132 cm³/mol. The molecule has 0 fully saturated rings. The van der Waals surface area contributed by atoms with Crippen molar-refractivity contribution >= 4 is 90.0 Å². The Morgan fingerprint density at radius 2 is 1.70 bits per heavy atom. The molecule has 3 nitrogen and oxygen atoms in total. The van der Waals surface area contributed by atoms with Gasteiger partial charge in [-0.25, -0.2) is 9.98 Å². The second kappa shape index (κ2) is 9.90. The van der Waals surface area contributed by atoms with Gasteiger partial charge in [-0.2, -0.15) is 13.2 Å². The summed E-state index contributed by atoms with van der Waals surface area (Å²) in [4.78, 5) is 8.74. The molecule has 0 aliphatic carbocycles. The van der Waals surface area contributed by atoms with E-state index in [9.17, 15) is 13.2 Å². The third-order valence-corrected chi connectivity index (χ3v) is 7.18. The molecule has 33 heavy (non-hydrogen) atoms. The zero-order chi connectivity index (χ0) is 23.8. The SMILES string of the molecule is FC(F)(F)Sc1ccc(Oc2c(Cl)cc3nc(N=C(Cl)c4ccccc4Cl)sc3c2Cl)cc1. The van der Waals surface area contributed by atoms with E-state index in [4.69, 9.17) is 51.1 Å². The van der Waals surface area contributed by atoms with Crippen LogP contribution >= 0.6 is 69.5 Å². The molecule has 0 amide bonds. The van der Waals surface area contributed by atoms with Crippen LogP contribution in [0.15, 0.2) is 64.5 Å². The van der Waals surface area contributed by atoms with Gasteiger partial charge in [0.1, 0.15) is 15.9 Å². The molecular weight excluding hydrogens is 559 g/mol. The zero-order valence-electron chi connectivity index (χ0n) is 16.0. The van der Waals surface area contributed by atoms with Crippen LogP contribution in [0.4, 0.5) is 18.3 Å². The summed E-state index contributed by atoms with van der Waals surface area (Å²) in [5.74, 6) is 0.424. The van der Waals surface area contributed by atoms with E-state index in [0.717, 1.165) is 0 Å². The lowest BCUT2D eigenvalue weighted by molar-refractivity contribution is -0.0328. The Hall–Kier alpha value is -1.68. The van der Waals surface area contributed by atoms with Crippen molar-refractivity contribution in [2.75, 3.05) is 0 Å². The van der Waals surface area contributed by atoms with Crippen molar-refractivity contribution < 1.29 is 17.9 Å². The topological polar surface area (TPSA) is 34.5 Å². The monoisotopic (exact) mass is 566 g/mol. The molecule has 1 heterocycles. The average Bonchev–Trinajstić information content (AvgIpc) is 3.13. The summed E-state index contributed by atoms with van der Waals surface area (Å²) in [6.07, 6.45) is 0. The van der Waals surface area contributed by atoms with E-state index in [1.54, 1.807) is 30.3 Å². The van der Waals surface area contributed by atoms with Crippen LogP contribution in [0.2, 0.25) is 15.1 Å². The molecule has 0 aliphatic rings. The number of rotatable bonds is 5. The van der Waals surface area contributed by atoms with Gasteiger partial charge in [-0.05, 0) is 48.2 Å². The first kappa shape index (κ1) is 24.4. The van der Waals surface area contributed by atoms with Gasteiger partial charge in [0.15, 0.2) is 5.75 Å². The fourth-order valence-electron chi connectivity index (χ4n) is 2.71. The fraction of sp³-hybridized carbons (Fsp3) is 0.0476. The molecule has 0 unspecified atom stereocenters. The summed E-state index contributed by atoms with van der Waals surface area (Å²) in [6.45, 7) is 0. The fourth-order valence-corrected chi connectivity index (χ4v) is 5.31. The maximum Gasteiger partial charge on any atom is 0.446 e. The van der Waals surface area contributed by atoms with Crippen molar-refractivity contribution in [1.82, 2.24) is 4.98 Å². The van der Waals surface area contributed by atoms with Gasteiger partial charge >= 0.3 is 5.51 Å². The van der Waals surface area contributed by atoms with Crippen LogP contribution in [-0.4, -0.2) is 15.7 Å². The standard InChI is InChI=1S/C21H9Cl4F3N2OS2/c22-13-4-2-1-3-12(13)19(25)30-20-29-15-9-14(23)17(16(24)18(15)32-20)31-10-5-7-11(8-6-10)33-21(26,27)28/h1-9H. The molecule has 4 rings (SSSR count). The quantitative estimate of drug-likeness (QED) is 0.178. The number of thioether (sulfide) groups is 1. The number of fused-ring (bicyclic) bond motifs is 1. The summed E-state index contributed by atoms with van der Waals surface area (Å²) in [6, 6.07) is 13.9. The number of hydrogen-bond acceptors (Lipinski definition) is 5. The van der Waals surface area contributed by atoms with Crippen LogP contribution < -0.4 is 4.74 Å². The minimum absolute atomic E-state index is 0.0304. The first-order valence-corrected chi connectivity index (χ1v) is 12.1. The smallest absolute Gasteiger partial charge is 0.446 e. The van der Waals surface area contributed by atoms with Crippen LogP contribution in [0.25, 0.3) is 10.2 Å². The Kier molecular flexibility index (Phi) is 7.33. The van der Waals surface area contributed by atoms with Gasteiger partial charge in [-0.15, -0.1) is 0 Å². The highest BCUT2D eigenvalue weighted by Gasteiger charge is 2.29. The minimum Gasteiger partial charge on any atom is -0.454 e. The molecular formula is C21H9Cl4F3N2OS2. The summed E-state index contributed by atoms with van der Waals surface area (Å²) in [5.41, 5.74) is -3.33. The Labute approximate surface area is 214 Å². The van der Waals surface area contributed by atoms with E-state index in [2.05, 4.69) is 9.98 Å². The third-order valence-electron chi connectivity index (χ3n) is 4.09. The molecule has 0 radical (unpaired) electrons. The van der Waals surface area contributed by atoms with Crippen molar-refractivity contribution in [3.05, 3.63) is 75.2 Å². The molecule has 0 spiro atoms. The molecule has 0 N–H and O–H groups in total. The Bertz CT molecular complexity index is 1360. The number of aromatic nitrogens is 1. The number of hydrogen-bond donors (Lipinski definition) is 0. The van der Waals surface area contributed by atoms with Gasteiger partial charge in [0, 0.05) is 10.5 Å². The highest BCUT2D eigenvalue weighted by molar-refractivity contribution is 8.00. The lowest BCUT2D eigenvalue weighted by Crippen LogP contribution is -1.98. The van der Waals surface area contributed by atoms with E-state index >= 15 is 0 Å². The Balaban J connectivity index is 1.63. The van der Waals surface area contributed by atoms with Gasteiger partial charge in [0.2, 0.25) is 5.13 Å². The molecule has 3 aromatic carbocycles. The minimum atomic E-state index is -4.37. The van der Waals surface area contributed by atoms with Gasteiger partial charge in [-0.3, -0.25) is 0 Å². The first-order chi connectivity index (χ1) is 15.6. The Morgan fingerprint density at radius 1 is 1.00 bits per heavy atom. The molecule has 0 aliphatic heterocycles. The molecule has 170 valence electrons. The van der Waals surface area contributed by atoms with Crippen molar-refractivity contribution in [3.8, 4) is 11.5 Å². The largest absolute Gasteiger partial charge is 0.454 e. The van der Waals surface area contributed by atoms with E-state index in [1.165, 1.54) is 35.6 Å². The van der Waals surface area contributed by atoms with Crippen molar-refractivity contribution in [1.29, 1.82) is 0 Å².